The molecule has 0 aliphatic carbocycles. The third kappa shape index (κ3) is 5.59. The van der Waals surface area contributed by atoms with Crippen molar-refractivity contribution in [3.05, 3.63) is 47.5 Å². The summed E-state index contributed by atoms with van der Waals surface area (Å²) >= 11 is 0. The second kappa shape index (κ2) is 10.8. The molecule has 3 saturated heterocycles. The quantitative estimate of drug-likeness (QED) is 0.290. The molecule has 0 amide bonds. The number of esters is 2. The second-order valence-corrected chi connectivity index (χ2v) is 8.47. The molecular formula is C26H33NO5. The highest BCUT2D eigenvalue weighted by Crippen LogP contribution is 2.35. The van der Waals surface area contributed by atoms with Gasteiger partial charge in [-0.05, 0) is 69.8 Å². The van der Waals surface area contributed by atoms with Crippen molar-refractivity contribution in [2.45, 2.75) is 45.1 Å². The molecule has 1 aromatic rings. The normalized spacial score (nSPS) is 23.9. The summed E-state index contributed by atoms with van der Waals surface area (Å²) in [6.45, 7) is 10.3. The number of carbonyl (C=O) groups excluding carboxylic acids is 2. The Hall–Kier alpha value is -2.62. The molecule has 2 bridgehead atoms. The minimum Gasteiger partial charge on any atom is -0.465 e. The van der Waals surface area contributed by atoms with E-state index in [1.807, 2.05) is 18.2 Å². The van der Waals surface area contributed by atoms with Crippen LogP contribution in [0.5, 0.6) is 0 Å². The van der Waals surface area contributed by atoms with E-state index in [1.54, 1.807) is 19.9 Å². The van der Waals surface area contributed by atoms with Crippen molar-refractivity contribution in [3.8, 4) is 11.8 Å². The number of nitrogens with zero attached hydrogens (tertiary/aromatic N) is 1. The van der Waals surface area contributed by atoms with E-state index in [0.717, 1.165) is 42.6 Å². The zero-order chi connectivity index (χ0) is 23.1. The zero-order valence-corrected chi connectivity index (χ0v) is 19.1. The van der Waals surface area contributed by atoms with E-state index >= 15 is 0 Å². The van der Waals surface area contributed by atoms with Gasteiger partial charge in [0.05, 0.1) is 13.2 Å². The Morgan fingerprint density at radius 2 is 1.91 bits per heavy atom. The molecule has 0 saturated carbocycles. The van der Waals surface area contributed by atoms with E-state index in [-0.39, 0.29) is 25.6 Å². The van der Waals surface area contributed by atoms with Gasteiger partial charge in [-0.1, -0.05) is 30.0 Å². The van der Waals surface area contributed by atoms with E-state index in [4.69, 9.17) is 9.47 Å². The van der Waals surface area contributed by atoms with Gasteiger partial charge in [0.25, 0.3) is 0 Å². The average Bonchev–Trinajstić information content (AvgIpc) is 2.78. The van der Waals surface area contributed by atoms with Crippen LogP contribution in [0.2, 0.25) is 0 Å². The van der Waals surface area contributed by atoms with Gasteiger partial charge in [0.15, 0.2) is 5.92 Å². The number of piperidine rings is 3. The van der Waals surface area contributed by atoms with Gasteiger partial charge in [-0.25, -0.2) is 0 Å². The molecule has 0 radical (unpaired) electrons. The van der Waals surface area contributed by atoms with Gasteiger partial charge >= 0.3 is 11.9 Å². The summed E-state index contributed by atoms with van der Waals surface area (Å²) in [5.41, 5.74) is 1.61. The molecule has 6 nitrogen and oxygen atoms in total. The summed E-state index contributed by atoms with van der Waals surface area (Å²) in [5.74, 6) is 4.42. The van der Waals surface area contributed by atoms with Crippen molar-refractivity contribution < 1.29 is 24.2 Å². The van der Waals surface area contributed by atoms with Crippen molar-refractivity contribution in [3.63, 3.8) is 0 Å². The first-order valence-corrected chi connectivity index (χ1v) is 11.4. The van der Waals surface area contributed by atoms with E-state index in [2.05, 4.69) is 23.3 Å². The number of aliphatic hydroxyl groups is 1. The van der Waals surface area contributed by atoms with Crippen LogP contribution >= 0.6 is 0 Å². The van der Waals surface area contributed by atoms with Gasteiger partial charge in [-0.3, -0.25) is 14.5 Å². The predicted octanol–water partition coefficient (Wildman–Crippen LogP) is 2.51. The lowest BCUT2D eigenvalue weighted by atomic mass is 9.75. The molecule has 1 atom stereocenters. The smallest absolute Gasteiger partial charge is 0.320 e. The van der Waals surface area contributed by atoms with Crippen molar-refractivity contribution in [1.29, 1.82) is 0 Å². The lowest BCUT2D eigenvalue weighted by Gasteiger charge is -2.47. The second-order valence-electron chi connectivity index (χ2n) is 8.47. The zero-order valence-electron chi connectivity index (χ0n) is 19.1. The van der Waals surface area contributed by atoms with Crippen LogP contribution in [0.3, 0.4) is 0 Å². The molecule has 4 rings (SSSR count). The lowest BCUT2D eigenvalue weighted by Crippen LogP contribution is -2.58. The first kappa shape index (κ1) is 24.0. The average molecular weight is 440 g/mol. The van der Waals surface area contributed by atoms with Crippen LogP contribution in [-0.4, -0.2) is 60.4 Å². The largest absolute Gasteiger partial charge is 0.465 e. The fourth-order valence-corrected chi connectivity index (χ4v) is 4.56. The van der Waals surface area contributed by atoms with Crippen molar-refractivity contribution in [1.82, 2.24) is 4.90 Å². The highest BCUT2D eigenvalue weighted by molar-refractivity contribution is 5.95. The molecule has 32 heavy (non-hydrogen) atoms. The van der Waals surface area contributed by atoms with Crippen molar-refractivity contribution >= 4 is 11.9 Å². The Morgan fingerprint density at radius 1 is 1.25 bits per heavy atom. The number of benzene rings is 1. The predicted molar refractivity (Wildman–Crippen MR) is 122 cm³/mol. The highest BCUT2D eigenvalue weighted by Gasteiger charge is 2.44. The summed E-state index contributed by atoms with van der Waals surface area (Å²) in [5, 5.41) is 11.1. The summed E-state index contributed by atoms with van der Waals surface area (Å²) in [6.07, 6.45) is 4.53. The number of hydrogen-bond donors (Lipinski definition) is 1. The number of hydrogen-bond acceptors (Lipinski definition) is 6. The number of ether oxygens (including phenoxy) is 2. The minimum absolute atomic E-state index is 0.191. The summed E-state index contributed by atoms with van der Waals surface area (Å²) in [4.78, 5) is 26.9. The molecule has 3 heterocycles. The van der Waals surface area contributed by atoms with E-state index < -0.39 is 23.5 Å². The van der Waals surface area contributed by atoms with E-state index in [9.17, 15) is 14.7 Å². The molecule has 3 aliphatic heterocycles. The van der Waals surface area contributed by atoms with Gasteiger partial charge in [0.2, 0.25) is 0 Å². The number of rotatable bonds is 8. The maximum Gasteiger partial charge on any atom is 0.320 e. The number of fused-ring (bicyclic) bond motifs is 3. The third-order valence-electron chi connectivity index (χ3n) is 6.26. The van der Waals surface area contributed by atoms with Gasteiger partial charge in [0, 0.05) is 18.0 Å². The molecule has 0 aromatic heterocycles. The summed E-state index contributed by atoms with van der Waals surface area (Å²) in [6, 6.07) is 5.69. The van der Waals surface area contributed by atoms with Gasteiger partial charge in [0.1, 0.15) is 5.60 Å². The first-order valence-electron chi connectivity index (χ1n) is 11.4. The Morgan fingerprint density at radius 3 is 2.44 bits per heavy atom. The lowest BCUT2D eigenvalue weighted by molar-refractivity contribution is -0.161. The maximum absolute atomic E-state index is 12.3. The minimum atomic E-state index is -1.00. The molecule has 1 aromatic carbocycles. The van der Waals surface area contributed by atoms with Gasteiger partial charge < -0.3 is 14.6 Å². The Bertz CT molecular complexity index is 889. The monoisotopic (exact) mass is 439 g/mol. The Labute approximate surface area is 190 Å². The van der Waals surface area contributed by atoms with Gasteiger partial charge in [-0.2, -0.15) is 0 Å². The first-order chi connectivity index (χ1) is 15.4. The van der Waals surface area contributed by atoms with E-state index in [0.29, 0.717) is 13.0 Å². The molecule has 3 aliphatic rings. The maximum atomic E-state index is 12.3. The Balaban J connectivity index is 1.83. The summed E-state index contributed by atoms with van der Waals surface area (Å²) < 4.78 is 10.2. The van der Waals surface area contributed by atoms with Crippen molar-refractivity contribution in [2.24, 2.45) is 11.8 Å². The van der Waals surface area contributed by atoms with Crippen molar-refractivity contribution in [2.75, 3.05) is 32.8 Å². The highest BCUT2D eigenvalue weighted by atomic mass is 16.6. The van der Waals surface area contributed by atoms with Crippen LogP contribution < -0.4 is 0 Å². The molecule has 1 N–H and O–H groups in total. The van der Waals surface area contributed by atoms with E-state index in [1.165, 1.54) is 0 Å². The number of carbonyl (C=O) groups is 2. The molecule has 1 unspecified atom stereocenters. The fraction of sp³-hybridized carbons (Fsp3) is 0.538. The molecule has 6 heteroatoms. The van der Waals surface area contributed by atoms with Crippen LogP contribution in [0.1, 0.15) is 43.4 Å². The molecular weight excluding hydrogens is 406 g/mol. The van der Waals surface area contributed by atoms with Crippen LogP contribution in [0.25, 0.3) is 0 Å². The molecule has 0 spiro atoms. The van der Waals surface area contributed by atoms with Crippen LogP contribution in [0.15, 0.2) is 30.9 Å². The standard InChI is InChI=1S/C26H33NO5/c1-4-7-21-16-19(17-23(24(28)31-5-2)25(29)32-6-3)8-9-20(21)10-13-26(30)18-27-14-11-22(26)12-15-27/h4,8-9,16,22-23,30H,1,5-7,11-12,14-15,17-18H2,2-3H3. The van der Waals surface area contributed by atoms with Crippen LogP contribution in [-0.2, 0) is 31.9 Å². The Kier molecular flexibility index (Phi) is 8.11. The SMILES string of the molecule is C=CCc1cc(CC(C(=O)OCC)C(=O)OCC)ccc1C#CC1(O)CN2CCC1CC2. The number of allylic oxidation sites excluding steroid dienone is 1. The molecule has 3 fully saturated rings. The van der Waals surface area contributed by atoms with Crippen LogP contribution in [0.4, 0.5) is 0 Å². The van der Waals surface area contributed by atoms with Gasteiger partial charge in [-0.15, -0.1) is 6.58 Å². The third-order valence-corrected chi connectivity index (χ3v) is 6.26. The summed E-state index contributed by atoms with van der Waals surface area (Å²) in [7, 11) is 0. The fourth-order valence-electron chi connectivity index (χ4n) is 4.56. The van der Waals surface area contributed by atoms with Crippen LogP contribution in [0, 0.1) is 23.7 Å². The topological polar surface area (TPSA) is 76.1 Å². The molecule has 172 valence electrons.